The minimum atomic E-state index is -0.432. The lowest BCUT2D eigenvalue weighted by Gasteiger charge is -2.09. The summed E-state index contributed by atoms with van der Waals surface area (Å²) in [5.41, 5.74) is 2.47. The molecule has 0 saturated heterocycles. The highest BCUT2D eigenvalue weighted by atomic mass is 35.5. The molecule has 0 aliphatic heterocycles. The number of carbonyl (C=O) groups excluding carboxylic acids is 2. The fourth-order valence-corrected chi connectivity index (χ4v) is 2.17. The molecule has 2 rings (SSSR count). The monoisotopic (exact) mass is 327 g/mol. The third-order valence-corrected chi connectivity index (χ3v) is 3.32. The van der Waals surface area contributed by atoms with Crippen molar-refractivity contribution in [3.05, 3.63) is 58.6 Å². The molecule has 0 spiro atoms. The minimum Gasteiger partial charge on any atom is -0.326 e. The first-order valence-corrected chi connectivity index (χ1v) is 7.22. The molecule has 0 fully saturated rings. The summed E-state index contributed by atoms with van der Waals surface area (Å²) in [5.74, 6) is -0.847. The average Bonchev–Trinajstić information content (AvgIpc) is 2.50. The molecule has 2 amide bonds. The number of nitriles is 1. The third-order valence-electron chi connectivity index (χ3n) is 3.08. The van der Waals surface area contributed by atoms with Crippen LogP contribution >= 0.6 is 11.6 Å². The molecule has 6 heteroatoms. The van der Waals surface area contributed by atoms with Crippen molar-refractivity contribution in [3.63, 3.8) is 0 Å². The van der Waals surface area contributed by atoms with Crippen LogP contribution in [0.1, 0.15) is 17.5 Å². The molecule has 2 aromatic carbocycles. The molecule has 2 aromatic rings. The van der Waals surface area contributed by atoms with Gasteiger partial charge in [0.2, 0.25) is 11.8 Å². The number of amides is 2. The van der Waals surface area contributed by atoms with Crippen molar-refractivity contribution >= 4 is 34.8 Å². The van der Waals surface area contributed by atoms with E-state index in [-0.39, 0.29) is 6.42 Å². The van der Waals surface area contributed by atoms with E-state index >= 15 is 0 Å². The van der Waals surface area contributed by atoms with E-state index in [0.717, 1.165) is 5.56 Å². The highest BCUT2D eigenvalue weighted by molar-refractivity contribution is 6.30. The highest BCUT2D eigenvalue weighted by Gasteiger charge is 2.11. The zero-order valence-corrected chi connectivity index (χ0v) is 13.1. The van der Waals surface area contributed by atoms with Gasteiger partial charge >= 0.3 is 0 Å². The zero-order chi connectivity index (χ0) is 16.8. The molecule has 0 saturated carbocycles. The number of anilines is 2. The second-order valence-electron chi connectivity index (χ2n) is 4.92. The lowest BCUT2D eigenvalue weighted by Crippen LogP contribution is -2.21. The van der Waals surface area contributed by atoms with Gasteiger partial charge in [-0.25, -0.2) is 0 Å². The summed E-state index contributed by atoms with van der Waals surface area (Å²) in [6.07, 6.45) is -0.304. The van der Waals surface area contributed by atoms with Crippen LogP contribution in [0.2, 0.25) is 5.02 Å². The highest BCUT2D eigenvalue weighted by Crippen LogP contribution is 2.19. The molecule has 0 aliphatic carbocycles. The predicted octanol–water partition coefficient (Wildman–Crippen LogP) is 3.49. The van der Waals surface area contributed by atoms with Crippen LogP contribution in [0, 0.1) is 18.3 Å². The molecular weight excluding hydrogens is 314 g/mol. The van der Waals surface area contributed by atoms with Crippen molar-refractivity contribution in [1.29, 1.82) is 5.26 Å². The van der Waals surface area contributed by atoms with Gasteiger partial charge in [0.25, 0.3) is 0 Å². The fourth-order valence-electron chi connectivity index (χ4n) is 1.94. The molecule has 0 aromatic heterocycles. The largest absolute Gasteiger partial charge is 0.326 e. The van der Waals surface area contributed by atoms with Gasteiger partial charge in [0.1, 0.15) is 6.42 Å². The van der Waals surface area contributed by atoms with Gasteiger partial charge < -0.3 is 10.6 Å². The fraction of sp³-hybridized carbons (Fsp3) is 0.118. The number of benzene rings is 2. The number of nitrogens with zero attached hydrogens (tertiary/aromatic N) is 1. The van der Waals surface area contributed by atoms with Crippen LogP contribution in [0.3, 0.4) is 0 Å². The second-order valence-corrected chi connectivity index (χ2v) is 5.36. The molecule has 23 heavy (non-hydrogen) atoms. The van der Waals surface area contributed by atoms with E-state index in [0.29, 0.717) is 22.0 Å². The molecule has 5 nitrogen and oxygen atoms in total. The predicted molar refractivity (Wildman–Crippen MR) is 89.2 cm³/mol. The minimum absolute atomic E-state index is 0.304. The van der Waals surface area contributed by atoms with Gasteiger partial charge in [-0.15, -0.1) is 0 Å². The Labute approximate surface area is 138 Å². The van der Waals surface area contributed by atoms with Gasteiger partial charge in [-0.05, 0) is 55.0 Å². The van der Waals surface area contributed by atoms with Gasteiger partial charge in [0.15, 0.2) is 0 Å². The maximum atomic E-state index is 11.9. The Morgan fingerprint density at radius 2 is 1.74 bits per heavy atom. The van der Waals surface area contributed by atoms with E-state index < -0.39 is 11.8 Å². The molecule has 0 unspecified atom stereocenters. The Balaban J connectivity index is 1.91. The quantitative estimate of drug-likeness (QED) is 0.843. The Morgan fingerprint density at radius 3 is 2.35 bits per heavy atom. The normalized spacial score (nSPS) is 9.78. The molecule has 0 radical (unpaired) electrons. The standard InChI is InChI=1S/C17H14ClN3O2/c1-11-8-13(18)4-7-15(11)21-17(23)9-16(22)20-14-5-2-12(10-19)3-6-14/h2-8H,9H2,1H3,(H,20,22)(H,21,23). The summed E-state index contributed by atoms with van der Waals surface area (Å²) >= 11 is 5.85. The van der Waals surface area contributed by atoms with Crippen LogP contribution in [0.15, 0.2) is 42.5 Å². The summed E-state index contributed by atoms with van der Waals surface area (Å²) < 4.78 is 0. The van der Waals surface area contributed by atoms with Crippen molar-refractivity contribution in [2.45, 2.75) is 13.3 Å². The Morgan fingerprint density at radius 1 is 1.09 bits per heavy atom. The third kappa shape index (κ3) is 4.83. The molecular formula is C17H14ClN3O2. The maximum absolute atomic E-state index is 11.9. The Kier molecular flexibility index (Phi) is 5.34. The molecule has 0 bridgehead atoms. The smallest absolute Gasteiger partial charge is 0.233 e. The molecule has 0 heterocycles. The maximum Gasteiger partial charge on any atom is 0.233 e. The van der Waals surface area contributed by atoms with Crippen LogP contribution in [0.25, 0.3) is 0 Å². The van der Waals surface area contributed by atoms with Crippen molar-refractivity contribution in [1.82, 2.24) is 0 Å². The van der Waals surface area contributed by atoms with Gasteiger partial charge in [0, 0.05) is 16.4 Å². The van der Waals surface area contributed by atoms with Gasteiger partial charge in [0.05, 0.1) is 11.6 Å². The van der Waals surface area contributed by atoms with E-state index in [9.17, 15) is 9.59 Å². The SMILES string of the molecule is Cc1cc(Cl)ccc1NC(=O)CC(=O)Nc1ccc(C#N)cc1. The van der Waals surface area contributed by atoms with E-state index in [2.05, 4.69) is 10.6 Å². The Hall–Kier alpha value is -2.84. The number of nitrogens with one attached hydrogen (secondary N) is 2. The lowest BCUT2D eigenvalue weighted by atomic mass is 10.2. The number of rotatable bonds is 4. The number of carbonyl (C=O) groups is 2. The Bertz CT molecular complexity index is 779. The molecule has 0 atom stereocenters. The van der Waals surface area contributed by atoms with Crippen molar-refractivity contribution in [2.75, 3.05) is 10.6 Å². The number of hydrogen-bond donors (Lipinski definition) is 2. The van der Waals surface area contributed by atoms with Gasteiger partial charge in [-0.2, -0.15) is 5.26 Å². The van der Waals surface area contributed by atoms with Crippen molar-refractivity contribution < 1.29 is 9.59 Å². The summed E-state index contributed by atoms with van der Waals surface area (Å²) in [7, 11) is 0. The number of hydrogen-bond acceptors (Lipinski definition) is 3. The van der Waals surface area contributed by atoms with E-state index in [1.807, 2.05) is 13.0 Å². The van der Waals surface area contributed by atoms with E-state index in [1.54, 1.807) is 42.5 Å². The first-order chi connectivity index (χ1) is 11.0. The zero-order valence-electron chi connectivity index (χ0n) is 12.4. The summed E-state index contributed by atoms with van der Waals surface area (Å²) in [5, 5.41) is 14.6. The number of halogens is 1. The topological polar surface area (TPSA) is 82.0 Å². The summed E-state index contributed by atoms with van der Waals surface area (Å²) in [6.45, 7) is 1.82. The first-order valence-electron chi connectivity index (χ1n) is 6.84. The van der Waals surface area contributed by atoms with E-state index in [1.165, 1.54) is 0 Å². The van der Waals surface area contributed by atoms with Crippen LogP contribution < -0.4 is 10.6 Å². The van der Waals surface area contributed by atoms with Crippen LogP contribution in [-0.4, -0.2) is 11.8 Å². The summed E-state index contributed by atoms with van der Waals surface area (Å²) in [4.78, 5) is 23.8. The van der Waals surface area contributed by atoms with E-state index in [4.69, 9.17) is 16.9 Å². The summed E-state index contributed by atoms with van der Waals surface area (Å²) in [6, 6.07) is 13.5. The van der Waals surface area contributed by atoms with Crippen molar-refractivity contribution in [2.24, 2.45) is 0 Å². The van der Waals surface area contributed by atoms with Gasteiger partial charge in [-0.3, -0.25) is 9.59 Å². The van der Waals surface area contributed by atoms with Crippen LogP contribution in [-0.2, 0) is 9.59 Å². The second kappa shape index (κ2) is 7.43. The van der Waals surface area contributed by atoms with Crippen molar-refractivity contribution in [3.8, 4) is 6.07 Å². The molecule has 0 aliphatic rings. The van der Waals surface area contributed by atoms with Crippen LogP contribution in [0.4, 0.5) is 11.4 Å². The first kappa shape index (κ1) is 16.5. The lowest BCUT2D eigenvalue weighted by molar-refractivity contribution is -0.123. The molecule has 116 valence electrons. The average molecular weight is 328 g/mol. The molecule has 2 N–H and O–H groups in total. The van der Waals surface area contributed by atoms with Gasteiger partial charge in [-0.1, -0.05) is 11.6 Å². The van der Waals surface area contributed by atoms with Crippen LogP contribution in [0.5, 0.6) is 0 Å². The number of aryl methyl sites for hydroxylation is 1.